The number of nitrogens with one attached hydrogen (secondary N) is 2. The highest BCUT2D eigenvalue weighted by molar-refractivity contribution is 5.76. The van der Waals surface area contributed by atoms with E-state index in [1.165, 1.54) is 17.2 Å². The number of rotatable bonds is 7. The molecule has 0 bridgehead atoms. The van der Waals surface area contributed by atoms with E-state index in [2.05, 4.69) is 24.4 Å². The summed E-state index contributed by atoms with van der Waals surface area (Å²) in [5.74, 6) is -0.223. The highest BCUT2D eigenvalue weighted by Crippen LogP contribution is 2.06. The van der Waals surface area contributed by atoms with Crippen molar-refractivity contribution in [3.63, 3.8) is 0 Å². The average Bonchev–Trinajstić information content (AvgIpc) is 2.51. The number of carbonyl (C=O) groups excluding carboxylic acids is 1. The van der Waals surface area contributed by atoms with Crippen LogP contribution in [0.25, 0.3) is 0 Å². The van der Waals surface area contributed by atoms with E-state index in [0.717, 1.165) is 11.3 Å². The number of likely N-dealkylation sites (N-methyl/N-ethyl adjacent to an activating group) is 1. The van der Waals surface area contributed by atoms with Gasteiger partial charge in [-0.1, -0.05) is 42.5 Å². The van der Waals surface area contributed by atoms with Gasteiger partial charge in [0.2, 0.25) is 0 Å². The second-order valence-electron chi connectivity index (χ2n) is 5.93. The minimum absolute atomic E-state index is 0.00702. The molecule has 2 rings (SSSR count). The Hall–Kier alpha value is -2.20. The summed E-state index contributed by atoms with van der Waals surface area (Å²) in [5, 5.41) is 2.94. The van der Waals surface area contributed by atoms with Crippen LogP contribution in [0.2, 0.25) is 0 Å². The van der Waals surface area contributed by atoms with Gasteiger partial charge in [0.25, 0.3) is 5.91 Å². The summed E-state index contributed by atoms with van der Waals surface area (Å²) >= 11 is 0. The van der Waals surface area contributed by atoms with Crippen molar-refractivity contribution in [1.29, 1.82) is 0 Å². The van der Waals surface area contributed by atoms with E-state index in [-0.39, 0.29) is 11.7 Å². The number of halogens is 1. The van der Waals surface area contributed by atoms with Crippen LogP contribution in [0.4, 0.5) is 4.39 Å². The summed E-state index contributed by atoms with van der Waals surface area (Å²) in [6.07, 6.45) is 0.824. The molecule has 4 heteroatoms. The SMILES string of the molecule is Cc1ccccc1CCNC(=O)C[NH+](C)Cc1ccccc1F. The Labute approximate surface area is 137 Å². The summed E-state index contributed by atoms with van der Waals surface area (Å²) in [6, 6.07) is 14.9. The second kappa shape index (κ2) is 8.44. The maximum atomic E-state index is 13.6. The highest BCUT2D eigenvalue weighted by Gasteiger charge is 2.12. The first-order valence-corrected chi connectivity index (χ1v) is 7.92. The van der Waals surface area contributed by atoms with E-state index >= 15 is 0 Å². The molecule has 0 heterocycles. The van der Waals surface area contributed by atoms with Crippen LogP contribution >= 0.6 is 0 Å². The first kappa shape index (κ1) is 17.2. The fourth-order valence-electron chi connectivity index (χ4n) is 2.59. The molecule has 1 unspecified atom stereocenters. The second-order valence-corrected chi connectivity index (χ2v) is 5.93. The third-order valence-corrected chi connectivity index (χ3v) is 3.89. The number of aryl methyl sites for hydroxylation is 1. The molecule has 0 aromatic heterocycles. The lowest BCUT2D eigenvalue weighted by atomic mass is 10.1. The maximum absolute atomic E-state index is 13.6. The topological polar surface area (TPSA) is 33.5 Å². The predicted molar refractivity (Wildman–Crippen MR) is 89.8 cm³/mol. The van der Waals surface area contributed by atoms with Crippen LogP contribution in [0.5, 0.6) is 0 Å². The smallest absolute Gasteiger partial charge is 0.275 e. The molecular weight excluding hydrogens is 291 g/mol. The molecule has 0 fully saturated rings. The van der Waals surface area contributed by atoms with E-state index in [1.54, 1.807) is 12.1 Å². The molecule has 1 amide bonds. The lowest BCUT2D eigenvalue weighted by Gasteiger charge is -2.14. The summed E-state index contributed by atoms with van der Waals surface area (Å²) in [6.45, 7) is 3.53. The van der Waals surface area contributed by atoms with Crippen LogP contribution in [0, 0.1) is 12.7 Å². The predicted octanol–water partition coefficient (Wildman–Crippen LogP) is 1.51. The third-order valence-electron chi connectivity index (χ3n) is 3.89. The molecule has 0 spiro atoms. The Bertz CT molecular complexity index is 657. The van der Waals surface area contributed by atoms with Crippen molar-refractivity contribution in [3.05, 3.63) is 71.0 Å². The monoisotopic (exact) mass is 315 g/mol. The number of quaternary nitrogens is 1. The molecule has 0 radical (unpaired) electrons. The van der Waals surface area contributed by atoms with Crippen LogP contribution in [-0.4, -0.2) is 26.0 Å². The minimum atomic E-state index is -0.216. The van der Waals surface area contributed by atoms with Gasteiger partial charge < -0.3 is 10.2 Å². The van der Waals surface area contributed by atoms with Crippen LogP contribution in [0.1, 0.15) is 16.7 Å². The molecule has 0 saturated carbocycles. The molecule has 2 aromatic rings. The van der Waals surface area contributed by atoms with Crippen molar-refractivity contribution >= 4 is 5.91 Å². The average molecular weight is 315 g/mol. The van der Waals surface area contributed by atoms with Crippen molar-refractivity contribution in [1.82, 2.24) is 5.32 Å². The van der Waals surface area contributed by atoms with Crippen LogP contribution < -0.4 is 10.2 Å². The van der Waals surface area contributed by atoms with Gasteiger partial charge in [0.15, 0.2) is 6.54 Å². The number of hydrogen-bond acceptors (Lipinski definition) is 1. The summed E-state index contributed by atoms with van der Waals surface area (Å²) < 4.78 is 13.6. The Balaban J connectivity index is 1.74. The lowest BCUT2D eigenvalue weighted by molar-refractivity contribution is -0.885. The van der Waals surface area contributed by atoms with Crippen LogP contribution in [0.15, 0.2) is 48.5 Å². The van der Waals surface area contributed by atoms with Crippen LogP contribution in [0.3, 0.4) is 0 Å². The summed E-state index contributed by atoms with van der Waals surface area (Å²) in [4.78, 5) is 12.9. The number of benzene rings is 2. The molecule has 122 valence electrons. The van der Waals surface area contributed by atoms with E-state index in [0.29, 0.717) is 25.2 Å². The fourth-order valence-corrected chi connectivity index (χ4v) is 2.59. The summed E-state index contributed by atoms with van der Waals surface area (Å²) in [5.41, 5.74) is 3.13. The van der Waals surface area contributed by atoms with E-state index in [4.69, 9.17) is 0 Å². The minimum Gasteiger partial charge on any atom is -0.351 e. The number of carbonyl (C=O) groups is 1. The van der Waals surface area contributed by atoms with Gasteiger partial charge in [0, 0.05) is 12.1 Å². The molecular formula is C19H24FN2O+. The quantitative estimate of drug-likeness (QED) is 0.798. The maximum Gasteiger partial charge on any atom is 0.275 e. The van der Waals surface area contributed by atoms with Gasteiger partial charge in [-0.15, -0.1) is 0 Å². The van der Waals surface area contributed by atoms with E-state index in [9.17, 15) is 9.18 Å². The van der Waals surface area contributed by atoms with Gasteiger partial charge in [0.05, 0.1) is 7.05 Å². The zero-order chi connectivity index (χ0) is 16.7. The van der Waals surface area contributed by atoms with Crippen molar-refractivity contribution in [2.45, 2.75) is 19.9 Å². The first-order chi connectivity index (χ1) is 11.1. The Morgan fingerprint density at radius 1 is 1.09 bits per heavy atom. The van der Waals surface area contributed by atoms with Crippen molar-refractivity contribution in [2.24, 2.45) is 0 Å². The van der Waals surface area contributed by atoms with Gasteiger partial charge in [-0.2, -0.15) is 0 Å². The molecule has 0 saturated heterocycles. The van der Waals surface area contributed by atoms with Crippen LogP contribution in [-0.2, 0) is 17.8 Å². The molecule has 0 aliphatic rings. The largest absolute Gasteiger partial charge is 0.351 e. The molecule has 2 N–H and O–H groups in total. The van der Waals surface area contributed by atoms with Crippen molar-refractivity contribution < 1.29 is 14.1 Å². The molecule has 0 aliphatic heterocycles. The third kappa shape index (κ3) is 5.49. The van der Waals surface area contributed by atoms with Crippen molar-refractivity contribution in [3.8, 4) is 0 Å². The molecule has 2 aromatic carbocycles. The fraction of sp³-hybridized carbons (Fsp3) is 0.316. The van der Waals surface area contributed by atoms with Gasteiger partial charge in [-0.25, -0.2) is 4.39 Å². The van der Waals surface area contributed by atoms with Gasteiger partial charge in [-0.3, -0.25) is 4.79 Å². The Kier molecular flexibility index (Phi) is 6.29. The van der Waals surface area contributed by atoms with E-state index < -0.39 is 0 Å². The Morgan fingerprint density at radius 2 is 1.74 bits per heavy atom. The molecule has 23 heavy (non-hydrogen) atoms. The Morgan fingerprint density at radius 3 is 2.43 bits per heavy atom. The first-order valence-electron chi connectivity index (χ1n) is 7.92. The van der Waals surface area contributed by atoms with Gasteiger partial charge in [0.1, 0.15) is 12.4 Å². The number of hydrogen-bond donors (Lipinski definition) is 2. The van der Waals surface area contributed by atoms with Gasteiger partial charge in [-0.05, 0) is 30.5 Å². The van der Waals surface area contributed by atoms with E-state index in [1.807, 2.05) is 25.2 Å². The van der Waals surface area contributed by atoms with Gasteiger partial charge >= 0.3 is 0 Å². The van der Waals surface area contributed by atoms with Crippen molar-refractivity contribution in [2.75, 3.05) is 20.1 Å². The summed E-state index contributed by atoms with van der Waals surface area (Å²) in [7, 11) is 1.90. The molecule has 1 atom stereocenters. The number of amides is 1. The molecule has 0 aliphatic carbocycles. The zero-order valence-electron chi connectivity index (χ0n) is 13.7. The lowest BCUT2D eigenvalue weighted by Crippen LogP contribution is -3.09. The standard InChI is InChI=1S/C19H23FN2O/c1-15-7-3-4-8-16(15)11-12-21-19(23)14-22(2)13-17-9-5-6-10-18(17)20/h3-10H,11-14H2,1-2H3,(H,21,23)/p+1. The highest BCUT2D eigenvalue weighted by atomic mass is 19.1. The normalized spacial score (nSPS) is 12.0. The molecule has 3 nitrogen and oxygen atoms in total. The zero-order valence-corrected chi connectivity index (χ0v) is 13.7.